The van der Waals surface area contributed by atoms with Gasteiger partial charge in [0.1, 0.15) is 0 Å². The highest BCUT2D eigenvalue weighted by Crippen LogP contribution is 2.40. The van der Waals surface area contributed by atoms with Gasteiger partial charge in [-0.25, -0.2) is 0 Å². The predicted octanol–water partition coefficient (Wildman–Crippen LogP) is 2.17. The lowest BCUT2D eigenvalue weighted by molar-refractivity contribution is 0.0414. The van der Waals surface area contributed by atoms with Gasteiger partial charge < -0.3 is 15.6 Å². The van der Waals surface area contributed by atoms with Crippen LogP contribution >= 0.6 is 12.4 Å². The first-order valence-electron chi connectivity index (χ1n) is 6.68. The Labute approximate surface area is 121 Å². The van der Waals surface area contributed by atoms with E-state index in [1.54, 1.807) is 0 Å². The van der Waals surface area contributed by atoms with Crippen LogP contribution in [0.25, 0.3) is 0 Å². The monoisotopic (exact) mass is 285 g/mol. The maximum Gasteiger partial charge on any atom is 0.0582 e. The molecule has 1 fully saturated rings. The Hall–Kier alpha value is -0.610. The second-order valence-electron chi connectivity index (χ2n) is 5.35. The van der Waals surface area contributed by atoms with Crippen molar-refractivity contribution in [3.05, 3.63) is 35.4 Å². The molecule has 108 valence electrons. The Kier molecular flexibility index (Phi) is 6.27. The molecule has 19 heavy (non-hydrogen) atoms. The summed E-state index contributed by atoms with van der Waals surface area (Å²) in [5.41, 5.74) is 8.74. The fourth-order valence-corrected chi connectivity index (χ4v) is 3.08. The van der Waals surface area contributed by atoms with Crippen LogP contribution in [0.4, 0.5) is 0 Å². The van der Waals surface area contributed by atoms with E-state index >= 15 is 0 Å². The van der Waals surface area contributed by atoms with Crippen LogP contribution in [0.2, 0.25) is 0 Å². The van der Waals surface area contributed by atoms with Crippen LogP contribution in [0.5, 0.6) is 0 Å². The highest BCUT2D eigenvalue weighted by molar-refractivity contribution is 5.85. The van der Waals surface area contributed by atoms with Crippen LogP contribution < -0.4 is 5.73 Å². The molecule has 0 amide bonds. The topological polar surface area (TPSA) is 55.5 Å². The van der Waals surface area contributed by atoms with E-state index in [-0.39, 0.29) is 30.5 Å². The standard InChI is InChI=1S/C15H23NO2.ClH/c1-12-4-2-3-5-14(12)15(10-13(16)11-17)6-8-18-9-7-15;/h2-5,13,17H,6-11,16H2,1H3;1H. The van der Waals surface area contributed by atoms with E-state index in [0.29, 0.717) is 0 Å². The van der Waals surface area contributed by atoms with Crippen molar-refractivity contribution < 1.29 is 9.84 Å². The molecule has 2 rings (SSSR count). The molecule has 0 saturated carbocycles. The summed E-state index contributed by atoms with van der Waals surface area (Å²) in [6.45, 7) is 3.77. The number of hydrogen-bond acceptors (Lipinski definition) is 3. The minimum absolute atomic E-state index is 0. The summed E-state index contributed by atoms with van der Waals surface area (Å²) >= 11 is 0. The SMILES string of the molecule is Cc1ccccc1C1(CC(N)CO)CCOCC1.Cl. The van der Waals surface area contributed by atoms with Gasteiger partial charge in [0.15, 0.2) is 0 Å². The molecule has 4 heteroatoms. The lowest BCUT2D eigenvalue weighted by Crippen LogP contribution is -2.41. The molecule has 0 aromatic heterocycles. The third kappa shape index (κ3) is 3.69. The Bertz CT molecular complexity index is 391. The molecular formula is C15H24ClNO2. The number of hydrogen-bond donors (Lipinski definition) is 2. The van der Waals surface area contributed by atoms with Crippen molar-refractivity contribution in [2.24, 2.45) is 5.73 Å². The van der Waals surface area contributed by atoms with Gasteiger partial charge in [-0.1, -0.05) is 24.3 Å². The van der Waals surface area contributed by atoms with Crippen LogP contribution in [-0.4, -0.2) is 31.0 Å². The first-order chi connectivity index (χ1) is 8.68. The number of aryl methyl sites for hydroxylation is 1. The van der Waals surface area contributed by atoms with Gasteiger partial charge in [0, 0.05) is 24.7 Å². The predicted molar refractivity (Wildman–Crippen MR) is 79.8 cm³/mol. The summed E-state index contributed by atoms with van der Waals surface area (Å²) in [5.74, 6) is 0. The summed E-state index contributed by atoms with van der Waals surface area (Å²) in [6.07, 6.45) is 2.81. The second kappa shape index (κ2) is 7.25. The summed E-state index contributed by atoms with van der Waals surface area (Å²) in [5, 5.41) is 9.24. The molecule has 0 aliphatic carbocycles. The summed E-state index contributed by atoms with van der Waals surface area (Å²) < 4.78 is 5.50. The highest BCUT2D eigenvalue weighted by Gasteiger charge is 2.36. The average Bonchev–Trinajstić information content (AvgIpc) is 2.40. The van der Waals surface area contributed by atoms with E-state index in [1.165, 1.54) is 11.1 Å². The van der Waals surface area contributed by atoms with Gasteiger partial charge in [0.25, 0.3) is 0 Å². The average molecular weight is 286 g/mol. The molecular weight excluding hydrogens is 262 g/mol. The smallest absolute Gasteiger partial charge is 0.0582 e. The first-order valence-corrected chi connectivity index (χ1v) is 6.68. The van der Waals surface area contributed by atoms with Crippen molar-refractivity contribution >= 4 is 12.4 Å². The molecule has 0 radical (unpaired) electrons. The lowest BCUT2D eigenvalue weighted by Gasteiger charge is -2.40. The van der Waals surface area contributed by atoms with E-state index in [2.05, 4.69) is 31.2 Å². The largest absolute Gasteiger partial charge is 0.395 e. The Morgan fingerprint density at radius 3 is 2.53 bits per heavy atom. The summed E-state index contributed by atoms with van der Waals surface area (Å²) in [7, 11) is 0. The van der Waals surface area contributed by atoms with E-state index in [0.717, 1.165) is 32.5 Å². The molecule has 3 N–H and O–H groups in total. The molecule has 1 saturated heterocycles. The zero-order valence-electron chi connectivity index (χ0n) is 11.5. The van der Waals surface area contributed by atoms with Crippen molar-refractivity contribution in [1.29, 1.82) is 0 Å². The van der Waals surface area contributed by atoms with E-state index in [9.17, 15) is 5.11 Å². The highest BCUT2D eigenvalue weighted by atomic mass is 35.5. The fourth-order valence-electron chi connectivity index (χ4n) is 3.08. The van der Waals surface area contributed by atoms with Gasteiger partial charge in [0.2, 0.25) is 0 Å². The van der Waals surface area contributed by atoms with Gasteiger partial charge >= 0.3 is 0 Å². The maximum absolute atomic E-state index is 9.24. The van der Waals surface area contributed by atoms with Gasteiger partial charge in [-0.15, -0.1) is 12.4 Å². The lowest BCUT2D eigenvalue weighted by atomic mass is 9.69. The molecule has 0 bridgehead atoms. The van der Waals surface area contributed by atoms with E-state index in [1.807, 2.05) is 0 Å². The van der Waals surface area contributed by atoms with Crippen LogP contribution in [0.1, 0.15) is 30.4 Å². The van der Waals surface area contributed by atoms with Crippen LogP contribution in [-0.2, 0) is 10.2 Å². The molecule has 3 nitrogen and oxygen atoms in total. The van der Waals surface area contributed by atoms with Gasteiger partial charge in [-0.2, -0.15) is 0 Å². The first kappa shape index (κ1) is 16.4. The normalized spacial score (nSPS) is 19.5. The number of nitrogens with two attached hydrogens (primary N) is 1. The maximum atomic E-state index is 9.24. The molecule has 1 heterocycles. The zero-order chi connectivity index (χ0) is 13.0. The van der Waals surface area contributed by atoms with Crippen LogP contribution in [0.3, 0.4) is 0 Å². The zero-order valence-corrected chi connectivity index (χ0v) is 12.3. The summed E-state index contributed by atoms with van der Waals surface area (Å²) in [6, 6.07) is 8.35. The number of halogens is 1. The molecule has 1 aromatic rings. The molecule has 1 atom stereocenters. The summed E-state index contributed by atoms with van der Waals surface area (Å²) in [4.78, 5) is 0. The third-order valence-electron chi connectivity index (χ3n) is 4.05. The molecule has 1 aromatic carbocycles. The van der Waals surface area contributed by atoms with Gasteiger partial charge in [-0.05, 0) is 37.3 Å². The van der Waals surface area contributed by atoms with Crippen molar-refractivity contribution in [3.63, 3.8) is 0 Å². The van der Waals surface area contributed by atoms with Crippen LogP contribution in [0, 0.1) is 6.92 Å². The van der Waals surface area contributed by atoms with Crippen LogP contribution in [0.15, 0.2) is 24.3 Å². The Morgan fingerprint density at radius 1 is 1.32 bits per heavy atom. The minimum atomic E-state index is -0.150. The second-order valence-corrected chi connectivity index (χ2v) is 5.35. The number of aliphatic hydroxyl groups excluding tert-OH is 1. The van der Waals surface area contributed by atoms with Gasteiger partial charge in [-0.3, -0.25) is 0 Å². The molecule has 1 aliphatic rings. The fraction of sp³-hybridized carbons (Fsp3) is 0.600. The Balaban J connectivity index is 0.00000180. The van der Waals surface area contributed by atoms with E-state index < -0.39 is 0 Å². The molecule has 1 unspecified atom stereocenters. The molecule has 0 spiro atoms. The van der Waals surface area contributed by atoms with Crippen molar-refractivity contribution in [3.8, 4) is 0 Å². The van der Waals surface area contributed by atoms with Crippen molar-refractivity contribution in [2.75, 3.05) is 19.8 Å². The Morgan fingerprint density at radius 2 is 1.95 bits per heavy atom. The van der Waals surface area contributed by atoms with Crippen molar-refractivity contribution in [1.82, 2.24) is 0 Å². The molecule has 1 aliphatic heterocycles. The minimum Gasteiger partial charge on any atom is -0.395 e. The number of rotatable bonds is 4. The number of benzene rings is 1. The third-order valence-corrected chi connectivity index (χ3v) is 4.05. The number of ether oxygens (including phenoxy) is 1. The van der Waals surface area contributed by atoms with Gasteiger partial charge in [0.05, 0.1) is 6.61 Å². The van der Waals surface area contributed by atoms with Crippen molar-refractivity contribution in [2.45, 2.75) is 37.6 Å². The quantitative estimate of drug-likeness (QED) is 0.891. The van der Waals surface area contributed by atoms with E-state index in [4.69, 9.17) is 10.5 Å². The number of aliphatic hydroxyl groups is 1.